The molecule has 1 aliphatic heterocycles. The summed E-state index contributed by atoms with van der Waals surface area (Å²) < 4.78 is 13.9. The van der Waals surface area contributed by atoms with E-state index < -0.39 is 23.7 Å². The van der Waals surface area contributed by atoms with E-state index in [1.54, 1.807) is 18.2 Å². The van der Waals surface area contributed by atoms with Gasteiger partial charge in [-0.3, -0.25) is 9.59 Å². The molecule has 0 radical (unpaired) electrons. The third kappa shape index (κ3) is 7.68. The number of urea groups is 1. The molecule has 0 aliphatic carbocycles. The third-order valence-electron chi connectivity index (χ3n) is 6.92. The smallest absolute Gasteiger partial charge is 0.319 e. The highest BCUT2D eigenvalue weighted by Crippen LogP contribution is 2.39. The number of halogens is 1. The van der Waals surface area contributed by atoms with Crippen LogP contribution in [0.25, 0.3) is 0 Å². The molecule has 1 fully saturated rings. The SMILES string of the molecule is Cc1cccc(NC(=O)N[C@@H]2C[C@H](c3ccccc3)C[C@H](c3ccc(F)cc3)N(CC(=O)NC(C)(C)C)C2=O)c1. The monoisotopic (exact) mass is 544 g/mol. The quantitative estimate of drug-likeness (QED) is 0.373. The Hall–Kier alpha value is -4.20. The molecule has 0 aromatic heterocycles. The van der Waals surface area contributed by atoms with Gasteiger partial charge in [-0.25, -0.2) is 9.18 Å². The van der Waals surface area contributed by atoms with E-state index in [4.69, 9.17) is 0 Å². The number of hydrogen-bond acceptors (Lipinski definition) is 3. The maximum absolute atomic E-state index is 14.1. The van der Waals surface area contributed by atoms with Crippen molar-refractivity contribution in [3.8, 4) is 0 Å². The molecule has 3 aromatic carbocycles. The van der Waals surface area contributed by atoms with Gasteiger partial charge in [0, 0.05) is 11.2 Å². The number of hydrogen-bond donors (Lipinski definition) is 3. The fraction of sp³-hybridized carbons (Fsp3) is 0.344. The summed E-state index contributed by atoms with van der Waals surface area (Å²) in [5.41, 5.74) is 2.86. The number of likely N-dealkylation sites (tertiary alicyclic amines) is 1. The van der Waals surface area contributed by atoms with Gasteiger partial charge in [-0.2, -0.15) is 0 Å². The van der Waals surface area contributed by atoms with Crippen molar-refractivity contribution in [2.75, 3.05) is 11.9 Å². The molecule has 3 N–H and O–H groups in total. The number of carbonyl (C=O) groups is 3. The van der Waals surface area contributed by atoms with Crippen molar-refractivity contribution in [1.29, 1.82) is 0 Å². The largest absolute Gasteiger partial charge is 0.350 e. The molecule has 4 amide bonds. The lowest BCUT2D eigenvalue weighted by Gasteiger charge is -2.33. The van der Waals surface area contributed by atoms with Crippen LogP contribution in [0.4, 0.5) is 14.9 Å². The zero-order valence-electron chi connectivity index (χ0n) is 23.4. The Morgan fingerprint density at radius 2 is 1.62 bits per heavy atom. The summed E-state index contributed by atoms with van der Waals surface area (Å²) in [6.45, 7) is 7.35. The summed E-state index contributed by atoms with van der Waals surface area (Å²) >= 11 is 0. The standard InChI is InChI=1S/C32H37FN4O3/c1-21-9-8-12-26(17-21)34-31(40)35-27-18-24(22-10-6-5-7-11-22)19-28(23-13-15-25(33)16-14-23)37(30(27)39)20-29(38)36-32(2,3)4/h5-17,24,27-28H,18-20H2,1-4H3,(H,36,38)(H2,34,35,40)/t24-,27+,28+/m0/s1. The molecule has 7 nitrogen and oxygen atoms in total. The minimum Gasteiger partial charge on any atom is -0.350 e. The number of amides is 4. The molecule has 1 saturated heterocycles. The lowest BCUT2D eigenvalue weighted by atomic mass is 9.86. The first-order valence-electron chi connectivity index (χ1n) is 13.5. The first-order valence-corrected chi connectivity index (χ1v) is 13.5. The highest BCUT2D eigenvalue weighted by Gasteiger charge is 2.40. The Kier molecular flexibility index (Phi) is 8.87. The summed E-state index contributed by atoms with van der Waals surface area (Å²) in [5, 5.41) is 8.63. The van der Waals surface area contributed by atoms with E-state index in [0.29, 0.717) is 18.5 Å². The second-order valence-corrected chi connectivity index (χ2v) is 11.4. The van der Waals surface area contributed by atoms with Crippen molar-refractivity contribution in [2.45, 2.75) is 64.1 Å². The summed E-state index contributed by atoms with van der Waals surface area (Å²) in [6.07, 6.45) is 0.848. The van der Waals surface area contributed by atoms with Gasteiger partial charge in [-0.1, -0.05) is 54.6 Å². The van der Waals surface area contributed by atoms with E-state index in [9.17, 15) is 18.8 Å². The van der Waals surface area contributed by atoms with Gasteiger partial charge >= 0.3 is 6.03 Å². The van der Waals surface area contributed by atoms with Crippen LogP contribution in [0.15, 0.2) is 78.9 Å². The van der Waals surface area contributed by atoms with Gasteiger partial charge in [-0.05, 0) is 87.4 Å². The predicted octanol–water partition coefficient (Wildman–Crippen LogP) is 5.69. The molecule has 40 heavy (non-hydrogen) atoms. The summed E-state index contributed by atoms with van der Waals surface area (Å²) in [4.78, 5) is 41.9. The highest BCUT2D eigenvalue weighted by atomic mass is 19.1. The number of benzene rings is 3. The predicted molar refractivity (Wildman–Crippen MR) is 154 cm³/mol. The summed E-state index contributed by atoms with van der Waals surface area (Å²) in [6, 6.07) is 21.3. The van der Waals surface area contributed by atoms with Crippen LogP contribution in [0, 0.1) is 12.7 Å². The number of anilines is 1. The van der Waals surface area contributed by atoms with Gasteiger partial charge in [0.05, 0.1) is 6.04 Å². The first kappa shape index (κ1) is 28.8. The Balaban J connectivity index is 1.69. The van der Waals surface area contributed by atoms with E-state index in [1.807, 2.05) is 76.2 Å². The van der Waals surface area contributed by atoms with E-state index in [1.165, 1.54) is 17.0 Å². The third-order valence-corrected chi connectivity index (χ3v) is 6.92. The maximum atomic E-state index is 14.1. The summed E-state index contributed by atoms with van der Waals surface area (Å²) in [5.74, 6) is -1.17. The van der Waals surface area contributed by atoms with Crippen LogP contribution in [-0.2, 0) is 9.59 Å². The molecule has 210 valence electrons. The lowest BCUT2D eigenvalue weighted by molar-refractivity contribution is -0.139. The highest BCUT2D eigenvalue weighted by molar-refractivity contribution is 5.95. The van der Waals surface area contributed by atoms with Crippen LogP contribution in [0.2, 0.25) is 0 Å². The number of rotatable bonds is 6. The van der Waals surface area contributed by atoms with Crippen molar-refractivity contribution in [1.82, 2.24) is 15.5 Å². The van der Waals surface area contributed by atoms with Crippen LogP contribution in [-0.4, -0.2) is 40.9 Å². The van der Waals surface area contributed by atoms with Gasteiger partial charge in [0.25, 0.3) is 0 Å². The second-order valence-electron chi connectivity index (χ2n) is 11.4. The number of carbonyl (C=O) groups excluding carboxylic acids is 3. The van der Waals surface area contributed by atoms with Gasteiger partial charge in [0.2, 0.25) is 11.8 Å². The van der Waals surface area contributed by atoms with E-state index >= 15 is 0 Å². The molecule has 0 bridgehead atoms. The molecule has 1 heterocycles. The van der Waals surface area contributed by atoms with Crippen molar-refractivity contribution in [3.05, 3.63) is 101 Å². The second kappa shape index (κ2) is 12.3. The minimum absolute atomic E-state index is 0.111. The molecular weight excluding hydrogens is 507 g/mol. The van der Waals surface area contributed by atoms with E-state index in [2.05, 4.69) is 16.0 Å². The van der Waals surface area contributed by atoms with Crippen LogP contribution >= 0.6 is 0 Å². The Morgan fingerprint density at radius 3 is 2.27 bits per heavy atom. The first-order chi connectivity index (χ1) is 19.0. The zero-order valence-corrected chi connectivity index (χ0v) is 23.4. The molecule has 3 aromatic rings. The van der Waals surface area contributed by atoms with Crippen molar-refractivity contribution < 1.29 is 18.8 Å². The minimum atomic E-state index is -0.886. The Bertz CT molecular complexity index is 1340. The normalized spacial score (nSPS) is 19.5. The molecule has 0 unspecified atom stereocenters. The van der Waals surface area contributed by atoms with Crippen LogP contribution in [0.1, 0.15) is 62.3 Å². The lowest BCUT2D eigenvalue weighted by Crippen LogP contribution is -2.53. The van der Waals surface area contributed by atoms with Gasteiger partial charge in [0.15, 0.2) is 0 Å². The molecule has 4 rings (SSSR count). The maximum Gasteiger partial charge on any atom is 0.319 e. The topological polar surface area (TPSA) is 90.5 Å². The van der Waals surface area contributed by atoms with Crippen LogP contribution < -0.4 is 16.0 Å². The Morgan fingerprint density at radius 1 is 0.925 bits per heavy atom. The average Bonchev–Trinajstić information content (AvgIpc) is 3.01. The van der Waals surface area contributed by atoms with Crippen molar-refractivity contribution in [3.63, 3.8) is 0 Å². The molecule has 0 saturated carbocycles. The number of nitrogens with zero attached hydrogens (tertiary/aromatic N) is 1. The van der Waals surface area contributed by atoms with Gasteiger partial charge in [-0.15, -0.1) is 0 Å². The molecular formula is C32H37FN4O3. The fourth-order valence-electron chi connectivity index (χ4n) is 5.20. The van der Waals surface area contributed by atoms with E-state index in [-0.39, 0.29) is 30.1 Å². The summed E-state index contributed by atoms with van der Waals surface area (Å²) in [7, 11) is 0. The molecule has 3 atom stereocenters. The number of nitrogens with one attached hydrogen (secondary N) is 3. The fourth-order valence-corrected chi connectivity index (χ4v) is 5.20. The van der Waals surface area contributed by atoms with Crippen molar-refractivity contribution >= 4 is 23.5 Å². The molecule has 0 spiro atoms. The van der Waals surface area contributed by atoms with Gasteiger partial charge in [0.1, 0.15) is 18.4 Å². The number of aryl methyl sites for hydroxylation is 1. The van der Waals surface area contributed by atoms with E-state index in [0.717, 1.165) is 16.7 Å². The zero-order chi connectivity index (χ0) is 28.9. The molecule has 8 heteroatoms. The van der Waals surface area contributed by atoms with Crippen molar-refractivity contribution in [2.24, 2.45) is 0 Å². The van der Waals surface area contributed by atoms with Crippen LogP contribution in [0.5, 0.6) is 0 Å². The Labute approximate surface area is 235 Å². The molecule has 1 aliphatic rings. The van der Waals surface area contributed by atoms with Crippen LogP contribution in [0.3, 0.4) is 0 Å². The average molecular weight is 545 g/mol. The van der Waals surface area contributed by atoms with Gasteiger partial charge < -0.3 is 20.9 Å².